The number of carbonyl (C=O) groups excluding carboxylic acids is 1. The van der Waals surface area contributed by atoms with Gasteiger partial charge in [0.25, 0.3) is 11.9 Å². The van der Waals surface area contributed by atoms with Crippen molar-refractivity contribution >= 4 is 17.6 Å². The fourth-order valence-corrected chi connectivity index (χ4v) is 2.26. The van der Waals surface area contributed by atoms with E-state index in [-0.39, 0.29) is 11.3 Å². The summed E-state index contributed by atoms with van der Waals surface area (Å²) in [5.74, 6) is -6.23. The lowest BCUT2D eigenvalue weighted by atomic mass is 10.2. The van der Waals surface area contributed by atoms with Gasteiger partial charge in [0.1, 0.15) is 11.4 Å². The molecule has 8 heteroatoms. The van der Waals surface area contributed by atoms with E-state index in [1.165, 1.54) is 24.3 Å². The number of amides is 1. The molecule has 0 saturated carbocycles. The van der Waals surface area contributed by atoms with Gasteiger partial charge >= 0.3 is 5.97 Å². The predicted molar refractivity (Wildman–Crippen MR) is 92.0 cm³/mol. The first kappa shape index (κ1) is 18.0. The summed E-state index contributed by atoms with van der Waals surface area (Å²) in [5, 5.41) is 11.5. The van der Waals surface area contributed by atoms with Crippen LogP contribution in [0.2, 0.25) is 0 Å². The number of rotatable bonds is 5. The highest BCUT2D eigenvalue weighted by molar-refractivity contribution is 6.08. The van der Waals surface area contributed by atoms with Crippen molar-refractivity contribution < 1.29 is 28.2 Å². The molecule has 0 atom stereocenters. The monoisotopic (exact) mass is 370 g/mol. The molecule has 2 aromatic carbocycles. The van der Waals surface area contributed by atoms with Crippen LogP contribution in [0.1, 0.15) is 20.8 Å². The summed E-state index contributed by atoms with van der Waals surface area (Å²) in [7, 11) is 0. The molecular formula is C19H12F2N2O4. The second-order valence-electron chi connectivity index (χ2n) is 5.31. The maximum Gasteiger partial charge on any atom is 0.356 e. The largest absolute Gasteiger partial charge is 0.476 e. The lowest BCUT2D eigenvalue weighted by Crippen LogP contribution is -2.18. The zero-order valence-electron chi connectivity index (χ0n) is 13.6. The zero-order valence-corrected chi connectivity index (χ0v) is 13.6. The molecule has 3 rings (SSSR count). The normalized spacial score (nSPS) is 10.3. The van der Waals surface area contributed by atoms with Crippen LogP contribution in [0, 0.1) is 11.8 Å². The van der Waals surface area contributed by atoms with Gasteiger partial charge in [-0.25, -0.2) is 9.78 Å². The van der Waals surface area contributed by atoms with Crippen LogP contribution in [0.4, 0.5) is 14.5 Å². The summed E-state index contributed by atoms with van der Waals surface area (Å²) in [6, 6.07) is 15.6. The number of hydrogen-bond donors (Lipinski definition) is 2. The average Bonchev–Trinajstić information content (AvgIpc) is 2.68. The fraction of sp³-hybridized carbons (Fsp3) is 0. The van der Waals surface area contributed by atoms with Crippen molar-refractivity contribution in [1.29, 1.82) is 0 Å². The van der Waals surface area contributed by atoms with Gasteiger partial charge in [0.15, 0.2) is 11.4 Å². The number of carboxylic acid groups (broad SMARTS) is 1. The van der Waals surface area contributed by atoms with Gasteiger partial charge in [0.2, 0.25) is 5.82 Å². The van der Waals surface area contributed by atoms with Crippen molar-refractivity contribution in [3.05, 3.63) is 83.7 Å². The van der Waals surface area contributed by atoms with E-state index in [0.717, 1.165) is 0 Å². The minimum Gasteiger partial charge on any atom is -0.476 e. The highest BCUT2D eigenvalue weighted by Gasteiger charge is 2.27. The minimum atomic E-state index is -1.66. The van der Waals surface area contributed by atoms with Gasteiger partial charge < -0.3 is 15.2 Å². The van der Waals surface area contributed by atoms with Gasteiger partial charge in [0.05, 0.1) is 0 Å². The predicted octanol–water partition coefficient (Wildman–Crippen LogP) is 4.10. The van der Waals surface area contributed by atoms with Gasteiger partial charge in [-0.15, -0.1) is 0 Å². The molecule has 0 unspecified atom stereocenters. The Labute approximate surface area is 152 Å². The van der Waals surface area contributed by atoms with Crippen LogP contribution in [-0.4, -0.2) is 22.0 Å². The molecule has 2 N–H and O–H groups in total. The number of nitrogens with one attached hydrogen (secondary N) is 1. The van der Waals surface area contributed by atoms with Crippen LogP contribution in [0.25, 0.3) is 0 Å². The topological polar surface area (TPSA) is 88.5 Å². The third-order valence-electron chi connectivity index (χ3n) is 3.49. The van der Waals surface area contributed by atoms with Crippen molar-refractivity contribution in [2.75, 3.05) is 5.32 Å². The number of hydrogen-bond acceptors (Lipinski definition) is 4. The van der Waals surface area contributed by atoms with Crippen molar-refractivity contribution in [3.63, 3.8) is 0 Å². The van der Waals surface area contributed by atoms with E-state index in [9.17, 15) is 23.5 Å². The van der Waals surface area contributed by atoms with Crippen LogP contribution >= 0.6 is 0 Å². The molecule has 1 amide bonds. The van der Waals surface area contributed by atoms with Crippen molar-refractivity contribution in [2.24, 2.45) is 0 Å². The van der Waals surface area contributed by atoms with E-state index in [1.807, 2.05) is 0 Å². The lowest BCUT2D eigenvalue weighted by molar-refractivity contribution is 0.0689. The molecule has 1 aromatic heterocycles. The summed E-state index contributed by atoms with van der Waals surface area (Å²) in [5.41, 5.74) is -1.28. The number of pyridine rings is 1. The standard InChI is InChI=1S/C19H12F2N2O4/c20-13-16(27-12-9-5-2-6-10-12)14(15(19(25)26)22-17(13)21)23-18(24)11-7-3-1-4-8-11/h1-10H,(H,23,24)(H,25,26). The Hall–Kier alpha value is -3.81. The number of nitrogens with zero attached hydrogens (tertiary/aromatic N) is 1. The average molecular weight is 370 g/mol. The number of aromatic nitrogens is 1. The molecule has 0 saturated heterocycles. The Kier molecular flexibility index (Phi) is 5.07. The minimum absolute atomic E-state index is 0.119. The number of ether oxygens (including phenoxy) is 1. The highest BCUT2D eigenvalue weighted by Crippen LogP contribution is 2.36. The number of carbonyl (C=O) groups is 2. The summed E-state index contributed by atoms with van der Waals surface area (Å²) in [6.45, 7) is 0. The molecule has 1 heterocycles. The molecule has 6 nitrogen and oxygen atoms in total. The molecule has 0 aliphatic carbocycles. The maximum absolute atomic E-state index is 14.3. The quantitative estimate of drug-likeness (QED) is 0.660. The first-order chi connectivity index (χ1) is 13.0. The molecule has 0 aliphatic heterocycles. The Morgan fingerprint density at radius 3 is 2.15 bits per heavy atom. The van der Waals surface area contributed by atoms with Crippen molar-refractivity contribution in [1.82, 2.24) is 4.98 Å². The lowest BCUT2D eigenvalue weighted by Gasteiger charge is -2.15. The number of aromatic carboxylic acids is 1. The maximum atomic E-state index is 14.3. The van der Waals surface area contributed by atoms with Crippen molar-refractivity contribution in [3.8, 4) is 11.5 Å². The zero-order chi connectivity index (χ0) is 19.4. The van der Waals surface area contributed by atoms with Crippen LogP contribution in [-0.2, 0) is 0 Å². The molecule has 136 valence electrons. The number of carboxylic acids is 1. The summed E-state index contributed by atoms with van der Waals surface area (Å²) in [4.78, 5) is 26.9. The Balaban J connectivity index is 2.10. The van der Waals surface area contributed by atoms with Crippen LogP contribution in [0.15, 0.2) is 60.7 Å². The third-order valence-corrected chi connectivity index (χ3v) is 3.49. The van der Waals surface area contributed by atoms with E-state index in [1.54, 1.807) is 36.4 Å². The van der Waals surface area contributed by atoms with Gasteiger partial charge in [-0.05, 0) is 24.3 Å². The molecule has 0 aliphatic rings. The van der Waals surface area contributed by atoms with Gasteiger partial charge in [-0.3, -0.25) is 4.79 Å². The van der Waals surface area contributed by atoms with E-state index in [4.69, 9.17) is 4.74 Å². The van der Waals surface area contributed by atoms with E-state index < -0.39 is 40.8 Å². The van der Waals surface area contributed by atoms with E-state index in [0.29, 0.717) is 0 Å². The molecule has 0 spiro atoms. The van der Waals surface area contributed by atoms with Crippen LogP contribution in [0.5, 0.6) is 11.5 Å². The van der Waals surface area contributed by atoms with Gasteiger partial charge in [-0.1, -0.05) is 36.4 Å². The van der Waals surface area contributed by atoms with Crippen molar-refractivity contribution in [2.45, 2.75) is 0 Å². The third kappa shape index (κ3) is 3.90. The first-order valence-corrected chi connectivity index (χ1v) is 7.69. The van der Waals surface area contributed by atoms with E-state index in [2.05, 4.69) is 10.3 Å². The SMILES string of the molecule is O=C(Nc1c(C(=O)O)nc(F)c(F)c1Oc1ccccc1)c1ccccc1. The van der Waals surface area contributed by atoms with E-state index >= 15 is 0 Å². The van der Waals surface area contributed by atoms with Crippen LogP contribution in [0.3, 0.4) is 0 Å². The Bertz CT molecular complexity index is 996. The Morgan fingerprint density at radius 1 is 0.963 bits per heavy atom. The molecule has 3 aromatic rings. The first-order valence-electron chi connectivity index (χ1n) is 7.69. The molecule has 0 radical (unpaired) electrons. The molecule has 0 fully saturated rings. The summed E-state index contributed by atoms with van der Waals surface area (Å²) >= 11 is 0. The highest BCUT2D eigenvalue weighted by atomic mass is 19.2. The molecule has 0 bridgehead atoms. The number of benzene rings is 2. The number of anilines is 1. The van der Waals surface area contributed by atoms with Gasteiger partial charge in [0, 0.05) is 5.56 Å². The molecule has 27 heavy (non-hydrogen) atoms. The number of para-hydroxylation sites is 1. The summed E-state index contributed by atoms with van der Waals surface area (Å²) in [6.07, 6.45) is 0. The smallest absolute Gasteiger partial charge is 0.356 e. The second-order valence-corrected chi connectivity index (χ2v) is 5.31. The van der Waals surface area contributed by atoms with Crippen LogP contribution < -0.4 is 10.1 Å². The van der Waals surface area contributed by atoms with Gasteiger partial charge in [-0.2, -0.15) is 8.78 Å². The molecular weight excluding hydrogens is 358 g/mol. The Morgan fingerprint density at radius 2 is 1.56 bits per heavy atom. The second kappa shape index (κ2) is 7.61. The summed E-state index contributed by atoms with van der Waals surface area (Å²) < 4.78 is 33.5. The number of halogens is 2. The fourth-order valence-electron chi connectivity index (χ4n) is 2.26.